The molecule has 2 aromatic rings. The average molecular weight is 290 g/mol. The summed E-state index contributed by atoms with van der Waals surface area (Å²) in [6.45, 7) is 1.62. The van der Waals surface area contributed by atoms with E-state index >= 15 is 0 Å². The first-order chi connectivity index (χ1) is 10.1. The van der Waals surface area contributed by atoms with Crippen molar-refractivity contribution in [2.45, 2.75) is 37.6 Å². The number of ether oxygens (including phenoxy) is 2. The second kappa shape index (κ2) is 5.61. The van der Waals surface area contributed by atoms with Crippen LogP contribution in [-0.2, 0) is 4.74 Å². The minimum atomic E-state index is -1.30. The van der Waals surface area contributed by atoms with Gasteiger partial charge in [-0.1, -0.05) is 30.3 Å². The second-order valence-corrected chi connectivity index (χ2v) is 5.31. The smallest absolute Gasteiger partial charge is 0.229 e. The van der Waals surface area contributed by atoms with Crippen molar-refractivity contribution in [1.82, 2.24) is 0 Å². The number of aliphatic hydroxyl groups is 3. The van der Waals surface area contributed by atoms with Crippen molar-refractivity contribution in [2.75, 3.05) is 0 Å². The van der Waals surface area contributed by atoms with E-state index in [1.54, 1.807) is 13.0 Å². The number of hydrogen-bond acceptors (Lipinski definition) is 5. The fourth-order valence-electron chi connectivity index (χ4n) is 2.49. The summed E-state index contributed by atoms with van der Waals surface area (Å²) in [6.07, 6.45) is -5.35. The van der Waals surface area contributed by atoms with Gasteiger partial charge >= 0.3 is 0 Å². The van der Waals surface area contributed by atoms with E-state index in [2.05, 4.69) is 0 Å². The highest BCUT2D eigenvalue weighted by Gasteiger charge is 2.43. The molecule has 1 aliphatic rings. The van der Waals surface area contributed by atoms with Crippen LogP contribution in [0, 0.1) is 0 Å². The number of rotatable bonds is 2. The summed E-state index contributed by atoms with van der Waals surface area (Å²) in [5.74, 6) is 0.536. The molecule has 1 aliphatic heterocycles. The van der Waals surface area contributed by atoms with Crippen molar-refractivity contribution in [3.8, 4) is 5.75 Å². The maximum atomic E-state index is 9.94. The second-order valence-electron chi connectivity index (χ2n) is 5.31. The summed E-state index contributed by atoms with van der Waals surface area (Å²) < 4.78 is 11.0. The van der Waals surface area contributed by atoms with Crippen molar-refractivity contribution in [3.05, 3.63) is 42.5 Å². The molecule has 0 spiro atoms. The minimum Gasteiger partial charge on any atom is -0.462 e. The van der Waals surface area contributed by atoms with E-state index in [0.29, 0.717) is 5.75 Å². The van der Waals surface area contributed by atoms with E-state index in [0.717, 1.165) is 10.8 Å². The lowest BCUT2D eigenvalue weighted by Gasteiger charge is -2.38. The van der Waals surface area contributed by atoms with Crippen LogP contribution < -0.4 is 4.74 Å². The molecule has 21 heavy (non-hydrogen) atoms. The maximum Gasteiger partial charge on any atom is 0.229 e. The number of aliphatic hydroxyl groups excluding tert-OH is 3. The standard InChI is InChI=1S/C16H18O5/c1-9-13(17)14(18)15(19)16(20-9)21-12-7-6-10-4-2-3-5-11(10)8-12/h2-9,13-19H,1H3. The Morgan fingerprint density at radius 1 is 0.905 bits per heavy atom. The fourth-order valence-corrected chi connectivity index (χ4v) is 2.49. The average Bonchev–Trinajstić information content (AvgIpc) is 2.50. The van der Waals surface area contributed by atoms with Gasteiger partial charge in [0.2, 0.25) is 6.29 Å². The van der Waals surface area contributed by atoms with Gasteiger partial charge in [0.15, 0.2) is 0 Å². The quantitative estimate of drug-likeness (QED) is 0.770. The molecule has 1 fully saturated rings. The third-order valence-electron chi connectivity index (χ3n) is 3.78. The molecule has 0 bridgehead atoms. The third-order valence-corrected chi connectivity index (χ3v) is 3.78. The van der Waals surface area contributed by atoms with Gasteiger partial charge in [0.1, 0.15) is 24.1 Å². The van der Waals surface area contributed by atoms with Crippen LogP contribution in [0.1, 0.15) is 6.92 Å². The molecule has 5 unspecified atom stereocenters. The summed E-state index contributed by atoms with van der Waals surface area (Å²) in [6, 6.07) is 13.4. The molecule has 0 aromatic heterocycles. The SMILES string of the molecule is CC1OC(Oc2ccc3ccccc3c2)C(O)C(O)C1O. The minimum absolute atomic E-state index is 0.536. The summed E-state index contributed by atoms with van der Waals surface area (Å²) in [7, 11) is 0. The monoisotopic (exact) mass is 290 g/mol. The van der Waals surface area contributed by atoms with Gasteiger partial charge in [-0.3, -0.25) is 0 Å². The zero-order valence-electron chi connectivity index (χ0n) is 11.6. The Kier molecular flexibility index (Phi) is 3.82. The number of hydrogen-bond donors (Lipinski definition) is 3. The molecule has 0 aliphatic carbocycles. The molecule has 5 atom stereocenters. The molecular formula is C16H18O5. The Morgan fingerprint density at radius 2 is 1.62 bits per heavy atom. The summed E-state index contributed by atoms with van der Waals surface area (Å²) >= 11 is 0. The molecule has 112 valence electrons. The highest BCUT2D eigenvalue weighted by atomic mass is 16.7. The van der Waals surface area contributed by atoms with Crippen LogP contribution >= 0.6 is 0 Å². The summed E-state index contributed by atoms with van der Waals surface area (Å²) in [4.78, 5) is 0. The molecule has 0 saturated carbocycles. The highest BCUT2D eigenvalue weighted by Crippen LogP contribution is 2.26. The molecule has 3 rings (SSSR count). The van der Waals surface area contributed by atoms with Crippen LogP contribution in [0.3, 0.4) is 0 Å². The lowest BCUT2D eigenvalue weighted by Crippen LogP contribution is -2.58. The first-order valence-corrected chi connectivity index (χ1v) is 6.91. The van der Waals surface area contributed by atoms with Gasteiger partial charge in [-0.05, 0) is 29.8 Å². The van der Waals surface area contributed by atoms with E-state index in [4.69, 9.17) is 9.47 Å². The number of benzene rings is 2. The Balaban J connectivity index is 1.81. The van der Waals surface area contributed by atoms with E-state index in [1.807, 2.05) is 36.4 Å². The molecule has 0 amide bonds. The van der Waals surface area contributed by atoms with Crippen molar-refractivity contribution in [1.29, 1.82) is 0 Å². The van der Waals surface area contributed by atoms with Crippen molar-refractivity contribution < 1.29 is 24.8 Å². The Hall–Kier alpha value is -1.66. The van der Waals surface area contributed by atoms with Gasteiger partial charge < -0.3 is 24.8 Å². The third kappa shape index (κ3) is 2.73. The summed E-state index contributed by atoms with van der Waals surface area (Å²) in [5, 5.41) is 31.5. The molecule has 3 N–H and O–H groups in total. The molecular weight excluding hydrogens is 272 g/mol. The van der Waals surface area contributed by atoms with Gasteiger partial charge in [-0.2, -0.15) is 0 Å². The zero-order chi connectivity index (χ0) is 15.0. The van der Waals surface area contributed by atoms with Crippen LogP contribution in [0.5, 0.6) is 5.75 Å². The van der Waals surface area contributed by atoms with E-state index in [9.17, 15) is 15.3 Å². The van der Waals surface area contributed by atoms with Gasteiger partial charge in [0.05, 0.1) is 6.10 Å². The predicted octanol–water partition coefficient (Wildman–Crippen LogP) is 1.05. The van der Waals surface area contributed by atoms with Crippen LogP contribution in [0.4, 0.5) is 0 Å². The van der Waals surface area contributed by atoms with Gasteiger partial charge in [-0.15, -0.1) is 0 Å². The first-order valence-electron chi connectivity index (χ1n) is 6.91. The van der Waals surface area contributed by atoms with Gasteiger partial charge in [0.25, 0.3) is 0 Å². The van der Waals surface area contributed by atoms with Crippen LogP contribution in [0.25, 0.3) is 10.8 Å². The molecule has 5 nitrogen and oxygen atoms in total. The first kappa shape index (κ1) is 14.3. The number of fused-ring (bicyclic) bond motifs is 1. The largest absolute Gasteiger partial charge is 0.462 e. The zero-order valence-corrected chi connectivity index (χ0v) is 11.6. The van der Waals surface area contributed by atoms with Crippen LogP contribution in [0.15, 0.2) is 42.5 Å². The Bertz CT molecular complexity index is 629. The molecule has 1 saturated heterocycles. The Labute approximate surface area is 122 Å². The van der Waals surface area contributed by atoms with Crippen molar-refractivity contribution in [3.63, 3.8) is 0 Å². The van der Waals surface area contributed by atoms with E-state index < -0.39 is 30.7 Å². The highest BCUT2D eigenvalue weighted by molar-refractivity contribution is 5.83. The predicted molar refractivity (Wildman–Crippen MR) is 76.9 cm³/mol. The Morgan fingerprint density at radius 3 is 2.38 bits per heavy atom. The van der Waals surface area contributed by atoms with Crippen LogP contribution in [-0.4, -0.2) is 46.0 Å². The lowest BCUT2D eigenvalue weighted by molar-refractivity contribution is -0.268. The maximum absolute atomic E-state index is 9.94. The van der Waals surface area contributed by atoms with Crippen LogP contribution in [0.2, 0.25) is 0 Å². The van der Waals surface area contributed by atoms with Crippen molar-refractivity contribution >= 4 is 10.8 Å². The fraction of sp³-hybridized carbons (Fsp3) is 0.375. The van der Waals surface area contributed by atoms with Gasteiger partial charge in [0, 0.05) is 0 Å². The molecule has 5 heteroatoms. The van der Waals surface area contributed by atoms with E-state index in [-0.39, 0.29) is 0 Å². The topological polar surface area (TPSA) is 79.2 Å². The van der Waals surface area contributed by atoms with E-state index in [1.165, 1.54) is 0 Å². The molecule has 1 heterocycles. The molecule has 0 radical (unpaired) electrons. The lowest BCUT2D eigenvalue weighted by atomic mass is 10.00. The molecule has 2 aromatic carbocycles. The van der Waals surface area contributed by atoms with Gasteiger partial charge in [-0.25, -0.2) is 0 Å². The normalized spacial score (nSPS) is 33.0. The van der Waals surface area contributed by atoms with Crippen molar-refractivity contribution in [2.24, 2.45) is 0 Å². The summed E-state index contributed by atoms with van der Waals surface area (Å²) in [5.41, 5.74) is 0.